The van der Waals surface area contributed by atoms with Crippen molar-refractivity contribution < 1.29 is 10.0 Å². The van der Waals surface area contributed by atoms with Crippen LogP contribution in [0.3, 0.4) is 0 Å². The molecule has 0 amide bonds. The number of hydrogen-bond acceptors (Lipinski definition) is 8. The van der Waals surface area contributed by atoms with Gasteiger partial charge in [0.05, 0.1) is 15.9 Å². The van der Waals surface area contributed by atoms with Crippen LogP contribution in [-0.4, -0.2) is 47.1 Å². The van der Waals surface area contributed by atoms with Gasteiger partial charge in [-0.05, 0) is 241 Å². The predicted molar refractivity (Wildman–Crippen MR) is 687 cm³/mol. The molecule has 0 saturated carbocycles. The van der Waals surface area contributed by atoms with Crippen LogP contribution in [0.15, 0.2) is 352 Å². The zero-order valence-corrected chi connectivity index (χ0v) is 103. The Morgan fingerprint density at radius 1 is 0.223 bits per heavy atom. The van der Waals surface area contributed by atoms with E-state index >= 15 is 0 Å². The van der Waals surface area contributed by atoms with E-state index < -0.39 is 12.5 Å². The molecule has 38 heteroatoms. The van der Waals surface area contributed by atoms with E-state index in [9.17, 15) is 10.0 Å². The molecule has 18 aromatic rings. The van der Waals surface area contributed by atoms with Crippen LogP contribution < -0.4 is 5.72 Å². The second-order valence-electron chi connectivity index (χ2n) is 33.1. The minimum atomic E-state index is -1.74. The van der Waals surface area contributed by atoms with Crippen molar-refractivity contribution >= 4 is 271 Å². The maximum absolute atomic E-state index is 9.37. The molecule has 0 fully saturated rings. The monoisotopic (exact) mass is 2340 g/mol. The van der Waals surface area contributed by atoms with Gasteiger partial charge in [-0.25, -0.2) is 29.9 Å². The molecule has 0 bridgehead atoms. The van der Waals surface area contributed by atoms with Crippen LogP contribution in [0, 0.1) is 0 Å². The highest BCUT2D eigenvalue weighted by Gasteiger charge is 2.56. The molecule has 8 nitrogen and oxygen atoms in total. The van der Waals surface area contributed by atoms with E-state index in [1.165, 1.54) is 155 Å². The lowest BCUT2D eigenvalue weighted by atomic mass is 9.70. The Morgan fingerprint density at radius 2 is 0.489 bits per heavy atom. The highest BCUT2D eigenvalue weighted by Crippen LogP contribution is 3.37. The summed E-state index contributed by atoms with van der Waals surface area (Å²) in [6.45, 7) is -0.00591. The second-order valence-corrected chi connectivity index (χ2v) is 146. The Labute approximate surface area is 867 Å². The minimum absolute atomic E-state index is 0. The molecule has 24 rings (SSSR count). The molecule has 2 spiro atoms. The molecule has 16 aromatic carbocycles. The van der Waals surface area contributed by atoms with Gasteiger partial charge in [-0.2, -0.15) is 0 Å². The van der Waals surface area contributed by atoms with Gasteiger partial charge in [0.15, 0.2) is 34.8 Å². The van der Waals surface area contributed by atoms with E-state index in [1.54, 1.807) is 0 Å². The molecule has 0 saturated heterocycles. The Bertz CT molecular complexity index is 7530. The highest BCUT2D eigenvalue weighted by atomic mass is 35.5. The van der Waals surface area contributed by atoms with E-state index in [1.807, 2.05) is 97.1 Å². The van der Waals surface area contributed by atoms with Crippen molar-refractivity contribution in [2.24, 2.45) is 0 Å². The predicted octanol–water partition coefficient (Wildman–Crippen LogP) is 39.1. The maximum atomic E-state index is 9.37. The Hall–Kier alpha value is -1.63. The van der Waals surface area contributed by atoms with E-state index in [0.29, 0.717) is 29.1 Å². The van der Waals surface area contributed by atoms with Crippen LogP contribution in [0.2, 0.25) is 5.02 Å². The number of aromatic nitrogens is 6. The Morgan fingerprint density at radius 3 is 0.827 bits per heavy atom. The van der Waals surface area contributed by atoms with Crippen molar-refractivity contribution in [3.63, 3.8) is 0 Å². The van der Waals surface area contributed by atoms with Gasteiger partial charge in [-0.3, -0.25) is 0 Å². The summed E-state index contributed by atoms with van der Waals surface area (Å²) < 4.78 is 0. The summed E-state index contributed by atoms with van der Waals surface area (Å²) in [7, 11) is 47.2. The quantitative estimate of drug-likeness (QED) is 0.0644. The first-order valence-corrected chi connectivity index (χ1v) is 94.0. The normalized spacial score (nSPS) is 13.7. The summed E-state index contributed by atoms with van der Waals surface area (Å²) in [5, 5.41) is 24.7. The highest BCUT2D eigenvalue weighted by molar-refractivity contribution is 9.43. The number of rotatable bonds is 18. The van der Waals surface area contributed by atoms with Crippen molar-refractivity contribution in [2.75, 3.05) is 0 Å². The molecule has 139 heavy (non-hydrogen) atoms. The van der Waals surface area contributed by atoms with Crippen LogP contribution in [-0.2, 0) is 10.8 Å². The van der Waals surface area contributed by atoms with Crippen molar-refractivity contribution in [3.8, 4) is 146 Å². The first-order chi connectivity index (χ1) is 67.0. The molecule has 2 N–H and O–H groups in total. The van der Waals surface area contributed by atoms with Crippen molar-refractivity contribution in [3.05, 3.63) is 401 Å². The van der Waals surface area contributed by atoms with E-state index in [0.717, 1.165) is 32.8 Å². The van der Waals surface area contributed by atoms with Gasteiger partial charge in [0.25, 0.3) is 0 Å². The van der Waals surface area contributed by atoms with E-state index in [-0.39, 0.29) is 109 Å². The van der Waals surface area contributed by atoms with Crippen molar-refractivity contribution in [1.82, 2.24) is 29.9 Å². The second kappa shape index (κ2) is 44.7. The lowest BCUT2D eigenvalue weighted by Gasteiger charge is -2.51. The first kappa shape index (κ1) is 104. The summed E-state index contributed by atoms with van der Waals surface area (Å²) >= 11 is 7.52. The number of nitrogens with zero attached hydrogens (tertiary/aromatic N) is 6. The summed E-state index contributed by atoms with van der Waals surface area (Å²) in [4.78, 5) is 28.6. The molecule has 6 aliphatic rings. The maximum Gasteiger partial charge on any atom is 0.528 e. The molecule has 17 unspecified atom stereocenters. The lowest BCUT2D eigenvalue weighted by molar-refractivity contribution is 0.422. The van der Waals surface area contributed by atoms with Crippen LogP contribution in [0.25, 0.3) is 167 Å². The third-order valence-electron chi connectivity index (χ3n) is 25.6. The fraction of sp³-hybridized carbons (Fsp3) is 0.0297. The fourth-order valence-electron chi connectivity index (χ4n) is 20.5. The van der Waals surface area contributed by atoms with Gasteiger partial charge in [-0.1, -0.05) is 359 Å². The first-order valence-electron chi connectivity index (χ1n) is 43.4. The van der Waals surface area contributed by atoms with E-state index in [2.05, 4.69) is 404 Å². The number of hydrogen-bond donors (Lipinski definition) is 2. The zero-order valence-electron chi connectivity index (χ0n) is 73.5. The SMILES string of the molecule is C.Clc1c2c(cc3c1-c1ccccc1C31c3ccccc3-c3ccccc31)-c1cccc3cccc-2c13.OB(O)c1nc(-c2ccccc2)nc(-c2ccccc2)n1.PP(P)P(P)P(P(P(P)P)P(P)P)P(P(P(P)P)P(P)P)P(P(P)P)P(P)P.c1ccc(-c2nc(-c3ccccc3)nc(-c3c4c(cc5c3-c3ccccc3C53c5ccccc5-c5ccccc53)-c3cccc5cccc-4c35)n2)cc1. The number of fused-ring (bicyclic) bond motifs is 26. The van der Waals surface area contributed by atoms with Gasteiger partial charge in [0.2, 0.25) is 0 Å². The molecule has 0 radical (unpaired) electrons. The summed E-state index contributed by atoms with van der Waals surface area (Å²) in [5.41, 5.74) is 34.0. The van der Waals surface area contributed by atoms with Crippen LogP contribution >= 0.6 is 236 Å². The summed E-state index contributed by atoms with van der Waals surface area (Å²) in [5.74, 6) is 2.82. The third kappa shape index (κ3) is 19.0. The average molecular weight is 2340 g/mol. The van der Waals surface area contributed by atoms with Crippen LogP contribution in [0.4, 0.5) is 0 Å². The van der Waals surface area contributed by atoms with Gasteiger partial charge < -0.3 is 10.0 Å². The molecule has 2 heterocycles. The van der Waals surface area contributed by atoms with E-state index in [4.69, 9.17) is 26.6 Å². The molecule has 6 aliphatic carbocycles. The number of halogens is 1. The van der Waals surface area contributed by atoms with Gasteiger partial charge >= 0.3 is 7.12 Å². The smallest absolute Gasteiger partial charge is 0.421 e. The van der Waals surface area contributed by atoms with Gasteiger partial charge in [0, 0.05) is 44.5 Å². The number of benzene rings is 16. The molecule has 2 aromatic heterocycles. The molecule has 17 atom stereocenters. The average Bonchev–Trinajstić information content (AvgIpc) is 1.50. The standard InChI is InChI=1S/C50H29N3.C35H19Cl.C15H12BN3O2.CH4.H30P28/c1-3-15-31(16-4-1)47-51-48(32-17-5-2-6-18-32)53-49(52-47)46-44-37-25-14-20-30-19-13-24-35(43(30)37)38(44)29-42-45(46)36-23-9-12-28-41(36)50(42)39-26-10-7-21-33(39)34-22-8-11-27-40(34)50;36-34-32-25-15-8-10-20-9-7-14-23(31(20)25)26(32)19-30-33(34)24-13-3-6-18-29(24)35(30)27-16-4-1-11-21(27)22-12-2-5-17-28(22)35;20-16(21)15-18-13(11-7-3-1-4-8-11)17-14(19-15)12-9-5-2-6-10-12;;1-16(2)23(15)27(24(17(3)4)18(5)6)28(25(19(7)8)20(9)10)26(21(11)12)22(13)14/h1-29H;1-19H;1-10,20-21H;1H4;1-15H2. The zero-order chi connectivity index (χ0) is 95.4. The molecule has 690 valence electrons. The van der Waals surface area contributed by atoms with Gasteiger partial charge in [0.1, 0.15) is 0 Å². The van der Waals surface area contributed by atoms with Crippen molar-refractivity contribution in [2.45, 2.75) is 18.3 Å². The summed E-state index contributed by atoms with van der Waals surface area (Å²) in [6.07, 6.45) is 0. The Balaban J connectivity index is 0.000000121. The topological polar surface area (TPSA) is 118 Å². The van der Waals surface area contributed by atoms with Crippen LogP contribution in [0.1, 0.15) is 51.9 Å². The lowest BCUT2D eigenvalue weighted by Crippen LogP contribution is -2.36. The van der Waals surface area contributed by atoms with Crippen LogP contribution in [0.5, 0.6) is 0 Å². The van der Waals surface area contributed by atoms with Gasteiger partial charge in [-0.15, -0.1) is 134 Å². The van der Waals surface area contributed by atoms with Crippen molar-refractivity contribution in [1.29, 1.82) is 0 Å². The molecular formula is C101H94BClN6O2P28. The minimum Gasteiger partial charge on any atom is -0.421 e. The Kier molecular flexibility index (Phi) is 33.6. The molecular weight excluding hydrogens is 2240 g/mol. The summed E-state index contributed by atoms with van der Waals surface area (Å²) in [6, 6.07) is 125. The molecule has 0 aliphatic heterocycles. The largest absolute Gasteiger partial charge is 0.528 e. The third-order valence-corrected chi connectivity index (χ3v) is 210. The fourth-order valence-corrected chi connectivity index (χ4v) is 373.